The molecule has 1 saturated heterocycles. The van der Waals surface area contributed by atoms with Crippen LogP contribution in [-0.4, -0.2) is 94.3 Å². The number of esters is 3. The number of phosphoric acid groups is 1. The van der Waals surface area contributed by atoms with Gasteiger partial charge in [-0.1, -0.05) is 258 Å². The third-order valence-electron chi connectivity index (χ3n) is 15.3. The van der Waals surface area contributed by atoms with Crippen molar-refractivity contribution in [1.82, 2.24) is 5.32 Å². The molecule has 0 aromatic rings. The molecule has 1 heterocycles. The van der Waals surface area contributed by atoms with Crippen molar-refractivity contribution in [3.63, 3.8) is 0 Å². The third kappa shape index (κ3) is 45.5. The minimum absolute atomic E-state index is 0.0212. The summed E-state index contributed by atoms with van der Waals surface area (Å²) < 4.78 is 38.9. The average Bonchev–Trinajstić information content (AvgIpc) is 3.42. The van der Waals surface area contributed by atoms with E-state index in [0.29, 0.717) is 38.9 Å². The fourth-order valence-electron chi connectivity index (χ4n) is 10.4. The average molecular weight is 1130 g/mol. The van der Waals surface area contributed by atoms with Crippen LogP contribution in [0.1, 0.15) is 322 Å². The number of carbonyl (C=O) groups is 4. The molecule has 0 aromatic heterocycles. The molecule has 0 radical (unpaired) electrons. The van der Waals surface area contributed by atoms with E-state index in [1.807, 2.05) is 0 Å². The summed E-state index contributed by atoms with van der Waals surface area (Å²) in [6, 6.07) is -1.38. The summed E-state index contributed by atoms with van der Waals surface area (Å²) in [5.74, 6) is -1.24. The lowest BCUT2D eigenvalue weighted by atomic mass is 9.96. The lowest BCUT2D eigenvalue weighted by molar-refractivity contribution is -0.255. The van der Waals surface area contributed by atoms with Crippen LogP contribution in [-0.2, 0) is 47.2 Å². The molecule has 0 saturated carbocycles. The fraction of sp³-hybridized carbons (Fsp3) is 0.935. The summed E-state index contributed by atoms with van der Waals surface area (Å²) in [5, 5.41) is 23.5. The molecule has 0 spiro atoms. The molecule has 1 rings (SSSR count). The summed E-state index contributed by atoms with van der Waals surface area (Å²) in [4.78, 5) is 69.7. The zero-order chi connectivity index (χ0) is 57.0. The SMILES string of the molecule is CCCCCCCCCCCCCC(=O)OCCCCCCCCCCCCCC(=O)N[C@@H]1[C@@H](OC(=O)CCCCCCCCCCCCCOC(=O)CCCCCCCCCCCCC)[C@H](OP(=O)(O)O)[C@@H](CO)O[C@@H]1O. The number of unbranched alkanes of at least 4 members (excludes halogenated alkanes) is 40. The minimum Gasteiger partial charge on any atom is -0.466 e. The minimum atomic E-state index is -5.17. The molecule has 78 heavy (non-hydrogen) atoms. The van der Waals surface area contributed by atoms with Gasteiger partial charge in [0.2, 0.25) is 5.91 Å². The van der Waals surface area contributed by atoms with Crippen LogP contribution in [0, 0.1) is 0 Å². The van der Waals surface area contributed by atoms with Crippen molar-refractivity contribution in [2.24, 2.45) is 0 Å². The first-order valence-corrected chi connectivity index (χ1v) is 33.9. The molecule has 1 amide bonds. The van der Waals surface area contributed by atoms with E-state index in [9.17, 15) is 43.7 Å². The Morgan fingerprint density at radius 1 is 0.423 bits per heavy atom. The first-order chi connectivity index (χ1) is 37.9. The van der Waals surface area contributed by atoms with Gasteiger partial charge >= 0.3 is 25.7 Å². The molecule has 1 aliphatic heterocycles. The van der Waals surface area contributed by atoms with Gasteiger partial charge in [-0.05, 0) is 38.5 Å². The fourth-order valence-corrected chi connectivity index (χ4v) is 11.0. The molecule has 0 unspecified atom stereocenters. The van der Waals surface area contributed by atoms with Crippen LogP contribution in [0.25, 0.3) is 0 Å². The highest BCUT2D eigenvalue weighted by Crippen LogP contribution is 2.42. The third-order valence-corrected chi connectivity index (χ3v) is 15.8. The van der Waals surface area contributed by atoms with Crippen molar-refractivity contribution in [3.05, 3.63) is 0 Å². The molecular weight excluding hydrogens is 1010 g/mol. The van der Waals surface area contributed by atoms with E-state index in [4.69, 9.17) is 23.5 Å². The second-order valence-electron chi connectivity index (χ2n) is 22.6. The van der Waals surface area contributed by atoms with Crippen LogP contribution in [0.3, 0.4) is 0 Å². The van der Waals surface area contributed by atoms with Crippen LogP contribution >= 0.6 is 7.82 Å². The molecule has 5 N–H and O–H groups in total. The highest BCUT2D eigenvalue weighted by atomic mass is 31.2. The van der Waals surface area contributed by atoms with Crippen molar-refractivity contribution < 1.29 is 67.2 Å². The molecule has 0 aromatic carbocycles. The van der Waals surface area contributed by atoms with Gasteiger partial charge in [0.1, 0.15) is 18.2 Å². The maximum Gasteiger partial charge on any atom is 0.470 e. The number of rotatable bonds is 57. The molecule has 1 aliphatic rings. The Morgan fingerprint density at radius 2 is 0.718 bits per heavy atom. The van der Waals surface area contributed by atoms with Crippen LogP contribution in [0.5, 0.6) is 0 Å². The second-order valence-corrected chi connectivity index (χ2v) is 23.8. The second kappa shape index (κ2) is 52.9. The van der Waals surface area contributed by atoms with E-state index >= 15 is 0 Å². The molecule has 0 bridgehead atoms. The van der Waals surface area contributed by atoms with Gasteiger partial charge in [-0.2, -0.15) is 0 Å². The van der Waals surface area contributed by atoms with E-state index in [1.54, 1.807) is 0 Å². The van der Waals surface area contributed by atoms with Gasteiger partial charge in [-0.25, -0.2) is 4.57 Å². The summed E-state index contributed by atoms with van der Waals surface area (Å²) in [6.45, 7) is 4.74. The largest absolute Gasteiger partial charge is 0.470 e. The summed E-state index contributed by atoms with van der Waals surface area (Å²) >= 11 is 0. The number of amides is 1. The van der Waals surface area contributed by atoms with Crippen LogP contribution in [0.4, 0.5) is 0 Å². The Kier molecular flexibility index (Phi) is 50.1. The molecule has 5 atom stereocenters. The predicted molar refractivity (Wildman–Crippen MR) is 312 cm³/mol. The number of hydrogen-bond donors (Lipinski definition) is 5. The number of ether oxygens (including phenoxy) is 4. The Hall–Kier alpha value is -2.13. The van der Waals surface area contributed by atoms with Gasteiger partial charge in [0.15, 0.2) is 12.4 Å². The highest BCUT2D eigenvalue weighted by Gasteiger charge is 2.51. The van der Waals surface area contributed by atoms with E-state index in [0.717, 1.165) is 154 Å². The van der Waals surface area contributed by atoms with Gasteiger partial charge in [-0.3, -0.25) is 23.7 Å². The first kappa shape index (κ1) is 73.9. The molecule has 0 aliphatic carbocycles. The first-order valence-electron chi connectivity index (χ1n) is 32.4. The molecule has 16 heteroatoms. The quantitative estimate of drug-likeness (QED) is 0.0165. The van der Waals surface area contributed by atoms with Crippen molar-refractivity contribution in [2.75, 3.05) is 19.8 Å². The van der Waals surface area contributed by atoms with E-state index in [1.165, 1.54) is 116 Å². The van der Waals surface area contributed by atoms with E-state index in [-0.39, 0.29) is 24.8 Å². The van der Waals surface area contributed by atoms with Gasteiger partial charge in [0.05, 0.1) is 19.8 Å². The van der Waals surface area contributed by atoms with Crippen LogP contribution in [0.15, 0.2) is 0 Å². The number of hydrogen-bond acceptors (Lipinski definition) is 12. The lowest BCUT2D eigenvalue weighted by Gasteiger charge is -2.43. The summed E-state index contributed by atoms with van der Waals surface area (Å²) in [5.41, 5.74) is 0. The Labute approximate surface area is 474 Å². The van der Waals surface area contributed by atoms with Crippen molar-refractivity contribution in [2.45, 2.75) is 353 Å². The monoisotopic (exact) mass is 1130 g/mol. The maximum atomic E-state index is 13.1. The van der Waals surface area contributed by atoms with E-state index in [2.05, 4.69) is 19.2 Å². The zero-order valence-electron chi connectivity index (χ0n) is 49.8. The predicted octanol–water partition coefficient (Wildman–Crippen LogP) is 15.4. The Morgan fingerprint density at radius 3 is 1.04 bits per heavy atom. The summed E-state index contributed by atoms with van der Waals surface area (Å²) in [6.07, 6.45) is 44.7. The topological polar surface area (TPSA) is 224 Å². The zero-order valence-corrected chi connectivity index (χ0v) is 50.7. The number of aliphatic hydroxyl groups excluding tert-OH is 2. The maximum absolute atomic E-state index is 13.1. The Bertz CT molecular complexity index is 1470. The van der Waals surface area contributed by atoms with Crippen molar-refractivity contribution in [3.8, 4) is 0 Å². The van der Waals surface area contributed by atoms with E-state index < -0.39 is 56.9 Å². The molecule has 1 fully saturated rings. The summed E-state index contributed by atoms with van der Waals surface area (Å²) in [7, 11) is -5.17. The Balaban J connectivity index is 2.18. The van der Waals surface area contributed by atoms with Crippen molar-refractivity contribution in [1.29, 1.82) is 0 Å². The van der Waals surface area contributed by atoms with Gasteiger partial charge in [0, 0.05) is 25.7 Å². The van der Waals surface area contributed by atoms with Gasteiger partial charge in [-0.15, -0.1) is 0 Å². The van der Waals surface area contributed by atoms with Gasteiger partial charge in [0.25, 0.3) is 0 Å². The smallest absolute Gasteiger partial charge is 0.466 e. The lowest BCUT2D eigenvalue weighted by Crippen LogP contribution is -2.65. The highest BCUT2D eigenvalue weighted by molar-refractivity contribution is 7.46. The molecule has 460 valence electrons. The number of nitrogens with one attached hydrogen (secondary N) is 1. The number of aliphatic hydroxyl groups is 2. The normalized spacial score (nSPS) is 17.5. The number of phosphoric ester groups is 1. The van der Waals surface area contributed by atoms with Crippen LogP contribution in [0.2, 0.25) is 0 Å². The molecule has 15 nitrogen and oxygen atoms in total. The van der Waals surface area contributed by atoms with Gasteiger partial charge < -0.3 is 44.3 Å². The van der Waals surface area contributed by atoms with Crippen molar-refractivity contribution >= 4 is 31.6 Å². The van der Waals surface area contributed by atoms with Crippen LogP contribution < -0.4 is 5.32 Å². The number of carbonyl (C=O) groups excluding carboxylic acids is 4. The molecular formula is C62H118NO14P. The standard InChI is InChI=1S/C62H118NO14P/c1-3-5-7-9-11-13-17-24-30-36-42-48-56(66)73-51-45-39-33-27-21-15-19-23-29-35-41-47-55(65)63-59-61(60(77-78(70,71)72)54(53-64)75-62(59)69)76-58(68)50-44-38-32-26-20-16-22-28-34-40-46-52-74-57(67)49-43-37-31-25-18-14-12-10-8-6-4-2/h54,59-62,64,69H,3-53H2,1-2H3,(H,63,65)(H2,70,71,72)/t54-,59-,60-,61-,62+/m1/s1.